The Labute approximate surface area is 160 Å². The van der Waals surface area contributed by atoms with Crippen LogP contribution in [0, 0.1) is 0 Å². The fourth-order valence-electron chi connectivity index (χ4n) is 3.75. The average molecular weight is 387 g/mol. The fraction of sp³-hybridized carbons (Fsp3) is 0.429. The summed E-state index contributed by atoms with van der Waals surface area (Å²) in [5.41, 5.74) is 1.26. The second kappa shape index (κ2) is 5.74. The van der Waals surface area contributed by atoms with E-state index in [1.807, 2.05) is 31.3 Å². The van der Waals surface area contributed by atoms with E-state index in [0.29, 0.717) is 17.1 Å². The molecule has 0 aliphatic carbocycles. The van der Waals surface area contributed by atoms with Crippen LogP contribution in [0.2, 0.25) is 18.1 Å². The van der Waals surface area contributed by atoms with Gasteiger partial charge in [-0.1, -0.05) is 26.0 Å². The third kappa shape index (κ3) is 2.83. The van der Waals surface area contributed by atoms with E-state index in [-0.39, 0.29) is 17.4 Å². The Balaban J connectivity index is 1.69. The molecule has 2 aromatic carbocycles. The monoisotopic (exact) mass is 386 g/mol. The van der Waals surface area contributed by atoms with Gasteiger partial charge in [0, 0.05) is 17.2 Å². The molecule has 2 aliphatic rings. The molecule has 4 rings (SSSR count). The first-order chi connectivity index (χ1) is 12.5. The number of rotatable bonds is 3. The molecule has 0 amide bonds. The zero-order chi connectivity index (χ0) is 19.6. The molecule has 6 heteroatoms. The molecule has 3 N–H and O–H groups in total. The molecule has 144 valence electrons. The highest BCUT2D eigenvalue weighted by Gasteiger charge is 2.53. The van der Waals surface area contributed by atoms with Crippen LogP contribution in [-0.4, -0.2) is 29.9 Å². The number of hydrogen-bond donors (Lipinski definition) is 3. The zero-order valence-electron chi connectivity index (χ0n) is 16.1. The van der Waals surface area contributed by atoms with Crippen LogP contribution in [0.3, 0.4) is 0 Å². The topological polar surface area (TPSA) is 79.2 Å². The van der Waals surface area contributed by atoms with Crippen molar-refractivity contribution in [2.45, 2.75) is 50.1 Å². The van der Waals surface area contributed by atoms with Gasteiger partial charge in [-0.3, -0.25) is 0 Å². The summed E-state index contributed by atoms with van der Waals surface area (Å²) in [7, 11) is -2.33. The van der Waals surface area contributed by atoms with Crippen molar-refractivity contribution < 1.29 is 24.5 Å². The lowest BCUT2D eigenvalue weighted by Gasteiger charge is -2.35. The maximum absolute atomic E-state index is 11.3. The van der Waals surface area contributed by atoms with Crippen LogP contribution < -0.4 is 9.47 Å². The summed E-state index contributed by atoms with van der Waals surface area (Å²) in [5, 5.41) is 20.8. The van der Waals surface area contributed by atoms with Crippen LogP contribution in [0.25, 0.3) is 0 Å². The highest BCUT2D eigenvalue weighted by molar-refractivity contribution is 6.72. The Morgan fingerprint density at radius 1 is 1.15 bits per heavy atom. The molecular weight excluding hydrogens is 360 g/mol. The summed E-state index contributed by atoms with van der Waals surface area (Å²) < 4.78 is 11.9. The van der Waals surface area contributed by atoms with Crippen LogP contribution in [0.1, 0.15) is 36.6 Å². The zero-order valence-corrected chi connectivity index (χ0v) is 17.1. The van der Waals surface area contributed by atoms with Crippen LogP contribution in [0.15, 0.2) is 36.4 Å². The molecule has 27 heavy (non-hydrogen) atoms. The SMILES string of the molecule is CC(C)(Cc1ccc2c(c1)O[C@H]1c3ccc(O)cc3OC[C@@]21O)[Si](C)(C)O. The average Bonchev–Trinajstić information content (AvgIpc) is 2.85. The molecule has 5 nitrogen and oxygen atoms in total. The first-order valence-corrected chi connectivity index (χ1v) is 12.2. The second-order valence-corrected chi connectivity index (χ2v) is 13.4. The molecule has 0 saturated heterocycles. The van der Waals surface area contributed by atoms with Gasteiger partial charge in [0.25, 0.3) is 0 Å². The van der Waals surface area contributed by atoms with Crippen molar-refractivity contribution in [1.29, 1.82) is 0 Å². The van der Waals surface area contributed by atoms with Crippen molar-refractivity contribution in [3.8, 4) is 17.2 Å². The summed E-state index contributed by atoms with van der Waals surface area (Å²) in [6, 6.07) is 10.7. The van der Waals surface area contributed by atoms with Crippen LogP contribution in [0.4, 0.5) is 0 Å². The van der Waals surface area contributed by atoms with E-state index in [1.165, 1.54) is 0 Å². The summed E-state index contributed by atoms with van der Waals surface area (Å²) in [6.45, 7) is 8.17. The van der Waals surface area contributed by atoms with Gasteiger partial charge in [-0.2, -0.15) is 0 Å². The quantitative estimate of drug-likeness (QED) is 0.702. The largest absolute Gasteiger partial charge is 0.508 e. The van der Waals surface area contributed by atoms with Crippen LogP contribution >= 0.6 is 0 Å². The van der Waals surface area contributed by atoms with E-state index >= 15 is 0 Å². The molecule has 0 aromatic heterocycles. The number of fused-ring (bicyclic) bond motifs is 5. The standard InChI is InChI=1S/C21H26O5Si/c1-20(2,27(3,4)24)11-13-5-8-16-18(9-13)26-19-15-7-6-14(22)10-17(15)25-12-21(16,19)23/h5-10,19,22-24H,11-12H2,1-4H3/t19-,21+/m0/s1. The van der Waals surface area contributed by atoms with Crippen molar-refractivity contribution in [2.75, 3.05) is 6.61 Å². The van der Waals surface area contributed by atoms with Gasteiger partial charge in [0.15, 0.2) is 20.0 Å². The molecular formula is C21H26O5Si. The third-order valence-corrected chi connectivity index (χ3v) is 9.71. The molecule has 0 bridgehead atoms. The highest BCUT2D eigenvalue weighted by Crippen LogP contribution is 2.54. The highest BCUT2D eigenvalue weighted by atomic mass is 28.4. The lowest BCUT2D eigenvalue weighted by molar-refractivity contribution is -0.0864. The van der Waals surface area contributed by atoms with Gasteiger partial charge in [0.05, 0.1) is 0 Å². The van der Waals surface area contributed by atoms with Gasteiger partial charge < -0.3 is 24.5 Å². The fourth-order valence-corrected chi connectivity index (χ4v) is 4.39. The number of phenols is 1. The van der Waals surface area contributed by atoms with Gasteiger partial charge in [0.1, 0.15) is 23.9 Å². The minimum atomic E-state index is -2.33. The normalized spacial score (nSPS) is 23.7. The van der Waals surface area contributed by atoms with Crippen molar-refractivity contribution >= 4 is 8.32 Å². The summed E-state index contributed by atoms with van der Waals surface area (Å²) >= 11 is 0. The van der Waals surface area contributed by atoms with Gasteiger partial charge >= 0.3 is 0 Å². The molecule has 0 radical (unpaired) electrons. The van der Waals surface area contributed by atoms with E-state index in [9.17, 15) is 15.0 Å². The van der Waals surface area contributed by atoms with E-state index < -0.39 is 20.0 Å². The summed E-state index contributed by atoms with van der Waals surface area (Å²) in [6.07, 6.45) is 0.174. The Hall–Kier alpha value is -2.02. The maximum Gasteiger partial charge on any atom is 0.188 e. The van der Waals surface area contributed by atoms with Crippen molar-refractivity contribution in [1.82, 2.24) is 0 Å². The minimum Gasteiger partial charge on any atom is -0.508 e. The molecule has 2 aliphatic heterocycles. The van der Waals surface area contributed by atoms with E-state index in [0.717, 1.165) is 17.5 Å². The minimum absolute atomic E-state index is 0.0720. The molecule has 0 saturated carbocycles. The molecule has 0 spiro atoms. The van der Waals surface area contributed by atoms with Crippen molar-refractivity contribution in [2.24, 2.45) is 0 Å². The Morgan fingerprint density at radius 3 is 2.59 bits per heavy atom. The molecule has 0 fully saturated rings. The molecule has 2 heterocycles. The Kier molecular flexibility index (Phi) is 3.90. The number of aliphatic hydroxyl groups is 1. The molecule has 0 unspecified atom stereocenters. The van der Waals surface area contributed by atoms with Gasteiger partial charge in [0.2, 0.25) is 0 Å². The number of aromatic hydroxyl groups is 1. The van der Waals surface area contributed by atoms with Crippen molar-refractivity contribution in [3.63, 3.8) is 0 Å². The van der Waals surface area contributed by atoms with Crippen LogP contribution in [0.5, 0.6) is 17.2 Å². The first kappa shape index (κ1) is 18.3. The molecule has 2 atom stereocenters. The number of ether oxygens (including phenoxy) is 2. The summed E-state index contributed by atoms with van der Waals surface area (Å²) in [4.78, 5) is 10.6. The number of phenolic OH excluding ortho intramolecular Hbond substituents is 1. The lowest BCUT2D eigenvalue weighted by Crippen LogP contribution is -2.41. The maximum atomic E-state index is 11.3. The predicted octanol–water partition coefficient (Wildman–Crippen LogP) is 3.63. The second-order valence-electron chi connectivity index (χ2n) is 8.88. The van der Waals surface area contributed by atoms with E-state index in [2.05, 4.69) is 13.8 Å². The molecule has 2 aromatic rings. The van der Waals surface area contributed by atoms with Crippen LogP contribution in [-0.2, 0) is 12.0 Å². The first-order valence-electron chi connectivity index (χ1n) is 9.22. The third-order valence-electron chi connectivity index (χ3n) is 6.22. The summed E-state index contributed by atoms with van der Waals surface area (Å²) in [5.74, 6) is 1.31. The Bertz CT molecular complexity index is 902. The Morgan fingerprint density at radius 2 is 1.89 bits per heavy atom. The van der Waals surface area contributed by atoms with Crippen molar-refractivity contribution in [3.05, 3.63) is 53.1 Å². The lowest BCUT2D eigenvalue weighted by atomic mass is 9.84. The number of benzene rings is 2. The smallest absolute Gasteiger partial charge is 0.188 e. The van der Waals surface area contributed by atoms with Gasteiger partial charge in [-0.05, 0) is 48.3 Å². The van der Waals surface area contributed by atoms with E-state index in [1.54, 1.807) is 18.2 Å². The van der Waals surface area contributed by atoms with E-state index in [4.69, 9.17) is 9.47 Å². The van der Waals surface area contributed by atoms with Gasteiger partial charge in [-0.25, -0.2) is 0 Å². The van der Waals surface area contributed by atoms with Gasteiger partial charge in [-0.15, -0.1) is 0 Å². The number of hydrogen-bond acceptors (Lipinski definition) is 5. The predicted molar refractivity (Wildman–Crippen MR) is 105 cm³/mol.